The zero-order chi connectivity index (χ0) is 15.9. The summed E-state index contributed by atoms with van der Waals surface area (Å²) in [7, 11) is 3.48. The molecule has 2 rings (SSSR count). The standard InChI is InChI=1S/C17H23N3O2/c1-20(2)17(22)16-8-7-15(19-16)11-18-10-9-13-3-5-14(12-21)6-4-13/h3-8,18-19,21H,9-12H2,1-2H3. The number of aliphatic hydroxyl groups excluding tert-OH is 1. The van der Waals surface area contributed by atoms with Crippen molar-refractivity contribution in [3.8, 4) is 0 Å². The molecule has 1 aromatic carbocycles. The number of aliphatic hydroxyl groups is 1. The van der Waals surface area contributed by atoms with E-state index in [9.17, 15) is 4.79 Å². The lowest BCUT2D eigenvalue weighted by Gasteiger charge is -2.08. The number of nitrogens with zero attached hydrogens (tertiary/aromatic N) is 1. The zero-order valence-electron chi connectivity index (χ0n) is 13.1. The van der Waals surface area contributed by atoms with Crippen LogP contribution >= 0.6 is 0 Å². The molecule has 1 heterocycles. The summed E-state index contributed by atoms with van der Waals surface area (Å²) in [5, 5.41) is 12.4. The Hall–Kier alpha value is -2.11. The van der Waals surface area contributed by atoms with Crippen LogP contribution in [0.2, 0.25) is 0 Å². The summed E-state index contributed by atoms with van der Waals surface area (Å²) in [5.74, 6) is -0.0183. The number of rotatable bonds is 7. The van der Waals surface area contributed by atoms with Gasteiger partial charge in [-0.3, -0.25) is 4.79 Å². The van der Waals surface area contributed by atoms with Crippen LogP contribution in [0.4, 0.5) is 0 Å². The molecule has 118 valence electrons. The van der Waals surface area contributed by atoms with Crippen LogP contribution < -0.4 is 5.32 Å². The zero-order valence-corrected chi connectivity index (χ0v) is 13.1. The lowest BCUT2D eigenvalue weighted by Crippen LogP contribution is -2.22. The second kappa shape index (κ2) is 7.77. The molecular weight excluding hydrogens is 278 g/mol. The second-order valence-corrected chi connectivity index (χ2v) is 5.50. The summed E-state index contributed by atoms with van der Waals surface area (Å²) < 4.78 is 0. The summed E-state index contributed by atoms with van der Waals surface area (Å²) in [6, 6.07) is 11.7. The molecule has 22 heavy (non-hydrogen) atoms. The summed E-state index contributed by atoms with van der Waals surface area (Å²) >= 11 is 0. The lowest BCUT2D eigenvalue weighted by atomic mass is 10.1. The molecule has 0 aliphatic rings. The molecule has 0 saturated heterocycles. The van der Waals surface area contributed by atoms with Crippen LogP contribution in [-0.4, -0.2) is 41.5 Å². The second-order valence-electron chi connectivity index (χ2n) is 5.50. The fourth-order valence-corrected chi connectivity index (χ4v) is 2.18. The topological polar surface area (TPSA) is 68.4 Å². The Bertz CT molecular complexity index is 603. The summed E-state index contributed by atoms with van der Waals surface area (Å²) in [6.45, 7) is 1.64. The Morgan fingerprint density at radius 2 is 1.82 bits per heavy atom. The Labute approximate surface area is 131 Å². The van der Waals surface area contributed by atoms with Crippen molar-refractivity contribution in [3.05, 3.63) is 58.9 Å². The van der Waals surface area contributed by atoms with E-state index >= 15 is 0 Å². The molecule has 2 aromatic rings. The molecule has 0 fully saturated rings. The van der Waals surface area contributed by atoms with Crippen molar-refractivity contribution in [2.75, 3.05) is 20.6 Å². The minimum Gasteiger partial charge on any atom is -0.392 e. The number of benzene rings is 1. The van der Waals surface area contributed by atoms with Crippen molar-refractivity contribution in [2.45, 2.75) is 19.6 Å². The highest BCUT2D eigenvalue weighted by Gasteiger charge is 2.09. The van der Waals surface area contributed by atoms with Crippen molar-refractivity contribution in [2.24, 2.45) is 0 Å². The maximum absolute atomic E-state index is 11.8. The highest BCUT2D eigenvalue weighted by atomic mass is 16.3. The van der Waals surface area contributed by atoms with E-state index in [1.54, 1.807) is 19.0 Å². The van der Waals surface area contributed by atoms with Crippen molar-refractivity contribution in [3.63, 3.8) is 0 Å². The van der Waals surface area contributed by atoms with Gasteiger partial charge in [-0.15, -0.1) is 0 Å². The first-order valence-corrected chi connectivity index (χ1v) is 7.39. The molecule has 0 spiro atoms. The smallest absolute Gasteiger partial charge is 0.269 e. The summed E-state index contributed by atoms with van der Waals surface area (Å²) in [5.41, 5.74) is 3.78. The first kappa shape index (κ1) is 16.3. The Morgan fingerprint density at radius 3 is 2.45 bits per heavy atom. The first-order valence-electron chi connectivity index (χ1n) is 7.39. The van der Waals surface area contributed by atoms with E-state index in [-0.39, 0.29) is 12.5 Å². The average molecular weight is 301 g/mol. The van der Waals surface area contributed by atoms with Gasteiger partial charge in [0.25, 0.3) is 5.91 Å². The fraction of sp³-hybridized carbons (Fsp3) is 0.353. The summed E-state index contributed by atoms with van der Waals surface area (Å²) in [6.07, 6.45) is 0.926. The van der Waals surface area contributed by atoms with Gasteiger partial charge < -0.3 is 20.3 Å². The first-order chi connectivity index (χ1) is 10.6. The van der Waals surface area contributed by atoms with Gasteiger partial charge in [-0.05, 0) is 36.2 Å². The van der Waals surface area contributed by atoms with E-state index < -0.39 is 0 Å². The Balaban J connectivity index is 1.75. The van der Waals surface area contributed by atoms with Crippen LogP contribution in [0.15, 0.2) is 36.4 Å². The number of hydrogen-bond donors (Lipinski definition) is 3. The van der Waals surface area contributed by atoms with Gasteiger partial charge in [-0.25, -0.2) is 0 Å². The largest absolute Gasteiger partial charge is 0.392 e. The SMILES string of the molecule is CN(C)C(=O)c1ccc(CNCCc2ccc(CO)cc2)[nH]1. The van der Waals surface area contributed by atoms with E-state index in [0.29, 0.717) is 12.2 Å². The van der Waals surface area contributed by atoms with E-state index in [2.05, 4.69) is 10.3 Å². The minimum absolute atomic E-state index is 0.0183. The Kier molecular flexibility index (Phi) is 5.75. The molecule has 0 bridgehead atoms. The molecule has 0 aliphatic heterocycles. The van der Waals surface area contributed by atoms with Gasteiger partial charge in [-0.1, -0.05) is 24.3 Å². The number of carbonyl (C=O) groups excluding carboxylic acids is 1. The van der Waals surface area contributed by atoms with Gasteiger partial charge in [0, 0.05) is 26.3 Å². The highest BCUT2D eigenvalue weighted by molar-refractivity contribution is 5.92. The van der Waals surface area contributed by atoms with Crippen LogP contribution in [0.1, 0.15) is 27.3 Å². The van der Waals surface area contributed by atoms with Crippen molar-refractivity contribution >= 4 is 5.91 Å². The van der Waals surface area contributed by atoms with Gasteiger partial charge >= 0.3 is 0 Å². The molecule has 0 unspecified atom stereocenters. The Morgan fingerprint density at radius 1 is 1.14 bits per heavy atom. The predicted octanol–water partition coefficient (Wildman–Crippen LogP) is 1.54. The number of aromatic nitrogens is 1. The van der Waals surface area contributed by atoms with Crippen LogP contribution in [0.25, 0.3) is 0 Å². The maximum Gasteiger partial charge on any atom is 0.269 e. The molecule has 5 heteroatoms. The molecular formula is C17H23N3O2. The minimum atomic E-state index is -0.0183. The molecule has 3 N–H and O–H groups in total. The predicted molar refractivity (Wildman–Crippen MR) is 86.6 cm³/mol. The number of carbonyl (C=O) groups is 1. The number of aromatic amines is 1. The van der Waals surface area contributed by atoms with Crippen LogP contribution in [0, 0.1) is 0 Å². The van der Waals surface area contributed by atoms with Crippen LogP contribution in [0.5, 0.6) is 0 Å². The molecule has 1 aromatic heterocycles. The quantitative estimate of drug-likeness (QED) is 0.680. The normalized spacial score (nSPS) is 10.7. The summed E-state index contributed by atoms with van der Waals surface area (Å²) in [4.78, 5) is 16.5. The van der Waals surface area contributed by atoms with Gasteiger partial charge in [0.05, 0.1) is 6.61 Å². The van der Waals surface area contributed by atoms with E-state index in [0.717, 1.165) is 24.2 Å². The van der Waals surface area contributed by atoms with Crippen molar-refractivity contribution < 1.29 is 9.90 Å². The number of nitrogens with one attached hydrogen (secondary N) is 2. The highest BCUT2D eigenvalue weighted by Crippen LogP contribution is 2.06. The lowest BCUT2D eigenvalue weighted by molar-refractivity contribution is 0.0822. The van der Waals surface area contributed by atoms with Gasteiger partial charge in [0.2, 0.25) is 0 Å². The van der Waals surface area contributed by atoms with Crippen molar-refractivity contribution in [1.29, 1.82) is 0 Å². The molecule has 0 saturated carbocycles. The van der Waals surface area contributed by atoms with Gasteiger partial charge in [0.1, 0.15) is 5.69 Å². The van der Waals surface area contributed by atoms with E-state index in [1.165, 1.54) is 5.56 Å². The number of amides is 1. The van der Waals surface area contributed by atoms with Crippen LogP contribution in [0.3, 0.4) is 0 Å². The third-order valence-electron chi connectivity index (χ3n) is 3.49. The van der Waals surface area contributed by atoms with E-state index in [1.807, 2.05) is 36.4 Å². The number of hydrogen-bond acceptors (Lipinski definition) is 3. The monoisotopic (exact) mass is 301 g/mol. The fourth-order valence-electron chi connectivity index (χ4n) is 2.18. The maximum atomic E-state index is 11.8. The van der Waals surface area contributed by atoms with Gasteiger partial charge in [-0.2, -0.15) is 0 Å². The number of H-pyrrole nitrogens is 1. The molecule has 0 atom stereocenters. The average Bonchev–Trinajstić information content (AvgIpc) is 3.00. The molecule has 1 amide bonds. The molecule has 0 aliphatic carbocycles. The third-order valence-corrected chi connectivity index (χ3v) is 3.49. The van der Waals surface area contributed by atoms with Gasteiger partial charge in [0.15, 0.2) is 0 Å². The van der Waals surface area contributed by atoms with E-state index in [4.69, 9.17) is 5.11 Å². The van der Waals surface area contributed by atoms with Crippen LogP contribution in [-0.2, 0) is 19.6 Å². The molecule has 0 radical (unpaired) electrons. The third kappa shape index (κ3) is 4.44. The van der Waals surface area contributed by atoms with Crippen molar-refractivity contribution in [1.82, 2.24) is 15.2 Å². The molecule has 5 nitrogen and oxygen atoms in total.